The molecule has 23 heavy (non-hydrogen) atoms. The molecule has 6 nitrogen and oxygen atoms in total. The van der Waals surface area contributed by atoms with E-state index < -0.39 is 5.60 Å². The number of aryl methyl sites for hydroxylation is 1. The number of carbonyl (C=O) groups excluding carboxylic acids is 1. The maximum Gasteiger partial charge on any atom is 0.410 e. The lowest BCUT2D eigenvalue weighted by atomic mass is 9.77. The minimum absolute atomic E-state index is 0.0276. The maximum atomic E-state index is 12.4. The second kappa shape index (κ2) is 6.13. The molecule has 1 aliphatic carbocycles. The average molecular weight is 323 g/mol. The Kier molecular flexibility index (Phi) is 4.74. The van der Waals surface area contributed by atoms with Crippen molar-refractivity contribution in [3.63, 3.8) is 0 Å². The predicted molar refractivity (Wildman–Crippen MR) is 87.0 cm³/mol. The van der Waals surface area contributed by atoms with Gasteiger partial charge in [-0.1, -0.05) is 19.0 Å². The van der Waals surface area contributed by atoms with Crippen LogP contribution < -0.4 is 0 Å². The Labute approximate surface area is 138 Å². The van der Waals surface area contributed by atoms with Crippen molar-refractivity contribution in [1.29, 1.82) is 0 Å². The number of carbonyl (C=O) groups is 1. The summed E-state index contributed by atoms with van der Waals surface area (Å²) in [6, 6.07) is 0.148. The maximum absolute atomic E-state index is 12.4. The van der Waals surface area contributed by atoms with Crippen molar-refractivity contribution >= 4 is 6.09 Å². The van der Waals surface area contributed by atoms with Gasteiger partial charge < -0.3 is 14.2 Å². The van der Waals surface area contributed by atoms with Crippen molar-refractivity contribution in [3.05, 3.63) is 11.7 Å². The lowest BCUT2D eigenvalue weighted by Crippen LogP contribution is -2.47. The molecule has 0 aliphatic heterocycles. The molecule has 1 amide bonds. The molecular formula is C17H29N3O3. The Hall–Kier alpha value is -1.59. The summed E-state index contributed by atoms with van der Waals surface area (Å²) >= 11 is 0. The van der Waals surface area contributed by atoms with Gasteiger partial charge in [-0.25, -0.2) is 4.79 Å². The molecule has 1 aromatic heterocycles. The average Bonchev–Trinajstić information content (AvgIpc) is 2.92. The predicted octanol–water partition coefficient (Wildman–Crippen LogP) is 3.59. The quantitative estimate of drug-likeness (QED) is 0.850. The smallest absolute Gasteiger partial charge is 0.410 e. The summed E-state index contributed by atoms with van der Waals surface area (Å²) in [5.74, 6) is 1.76. The highest BCUT2D eigenvalue weighted by atomic mass is 16.6. The Morgan fingerprint density at radius 1 is 1.39 bits per heavy atom. The largest absolute Gasteiger partial charge is 0.444 e. The van der Waals surface area contributed by atoms with Crippen LogP contribution in [0.15, 0.2) is 4.52 Å². The van der Waals surface area contributed by atoms with E-state index in [0.29, 0.717) is 11.8 Å². The number of nitrogens with zero attached hydrogens (tertiary/aromatic N) is 3. The highest BCUT2D eigenvalue weighted by Gasteiger charge is 2.47. The number of amides is 1. The molecule has 1 aromatic rings. The van der Waals surface area contributed by atoms with E-state index in [2.05, 4.69) is 24.0 Å². The van der Waals surface area contributed by atoms with Gasteiger partial charge in [-0.05, 0) is 44.9 Å². The number of ether oxygens (including phenoxy) is 1. The van der Waals surface area contributed by atoms with Crippen LogP contribution in [0.5, 0.6) is 0 Å². The molecule has 1 aliphatic rings. The van der Waals surface area contributed by atoms with Crippen molar-refractivity contribution in [2.45, 2.75) is 72.4 Å². The minimum Gasteiger partial charge on any atom is -0.444 e. The van der Waals surface area contributed by atoms with Crippen molar-refractivity contribution in [3.8, 4) is 0 Å². The molecule has 0 aromatic carbocycles. The first-order chi connectivity index (χ1) is 10.5. The van der Waals surface area contributed by atoms with Gasteiger partial charge in [0.2, 0.25) is 5.89 Å². The van der Waals surface area contributed by atoms with Crippen LogP contribution in [0.4, 0.5) is 4.79 Å². The van der Waals surface area contributed by atoms with E-state index in [4.69, 9.17) is 9.26 Å². The molecule has 1 heterocycles. The van der Waals surface area contributed by atoms with Gasteiger partial charge in [-0.15, -0.1) is 0 Å². The van der Waals surface area contributed by atoms with E-state index >= 15 is 0 Å². The fourth-order valence-corrected chi connectivity index (χ4v) is 3.54. The molecule has 0 bridgehead atoms. The van der Waals surface area contributed by atoms with Gasteiger partial charge in [-0.3, -0.25) is 0 Å². The molecule has 0 radical (unpaired) electrons. The minimum atomic E-state index is -0.477. The fourth-order valence-electron chi connectivity index (χ4n) is 3.54. The van der Waals surface area contributed by atoms with Gasteiger partial charge in [0.15, 0.2) is 5.82 Å². The number of aromatic nitrogens is 2. The van der Waals surface area contributed by atoms with Crippen molar-refractivity contribution in [2.75, 3.05) is 7.05 Å². The van der Waals surface area contributed by atoms with Crippen LogP contribution in [-0.4, -0.2) is 39.8 Å². The Morgan fingerprint density at radius 2 is 2.04 bits per heavy atom. The van der Waals surface area contributed by atoms with E-state index in [1.54, 1.807) is 11.8 Å². The molecule has 2 rings (SSSR count). The molecule has 0 N–H and O–H groups in total. The zero-order valence-electron chi connectivity index (χ0n) is 15.3. The molecule has 2 unspecified atom stereocenters. The Balaban J connectivity index is 2.05. The Bertz CT molecular complexity index is 560. The number of hydrogen-bond acceptors (Lipinski definition) is 5. The third-order valence-corrected chi connectivity index (χ3v) is 4.85. The zero-order valence-corrected chi connectivity index (χ0v) is 15.3. The molecular weight excluding hydrogens is 294 g/mol. The Morgan fingerprint density at radius 3 is 2.57 bits per heavy atom. The number of rotatable bonds is 3. The van der Waals surface area contributed by atoms with Gasteiger partial charge in [0.25, 0.3) is 0 Å². The standard InChI is InChI=1S/C17H29N3O3/c1-11-18-14(19-23-11)10-12-8-9-13(17(12,5)6)20(7)15(21)22-16(2,3)4/h12-13H,8-10H2,1-7H3. The summed E-state index contributed by atoms with van der Waals surface area (Å²) < 4.78 is 10.6. The van der Waals surface area contributed by atoms with Crippen molar-refractivity contribution in [1.82, 2.24) is 15.0 Å². The SMILES string of the molecule is Cc1nc(CC2CCC(N(C)C(=O)OC(C)(C)C)C2(C)C)no1. The molecule has 0 spiro atoms. The van der Waals surface area contributed by atoms with Gasteiger partial charge in [0, 0.05) is 26.4 Å². The second-order valence-corrected chi connectivity index (χ2v) is 8.14. The van der Waals surface area contributed by atoms with Crippen LogP contribution in [0, 0.1) is 18.3 Å². The van der Waals surface area contributed by atoms with E-state index in [1.807, 2.05) is 27.8 Å². The first-order valence-electron chi connectivity index (χ1n) is 8.25. The molecule has 1 fully saturated rings. The third-order valence-electron chi connectivity index (χ3n) is 4.85. The van der Waals surface area contributed by atoms with Crippen molar-refractivity contribution in [2.24, 2.45) is 11.3 Å². The summed E-state index contributed by atoms with van der Waals surface area (Å²) in [6.45, 7) is 11.9. The first kappa shape index (κ1) is 17.8. The fraction of sp³-hybridized carbons (Fsp3) is 0.824. The highest BCUT2D eigenvalue weighted by Crippen LogP contribution is 2.46. The molecule has 0 saturated heterocycles. The van der Waals surface area contributed by atoms with E-state index in [9.17, 15) is 4.79 Å². The number of hydrogen-bond donors (Lipinski definition) is 0. The summed E-state index contributed by atoms with van der Waals surface area (Å²) in [6.07, 6.45) is 2.53. The molecule has 1 saturated carbocycles. The summed E-state index contributed by atoms with van der Waals surface area (Å²) in [5, 5.41) is 4.01. The van der Waals surface area contributed by atoms with Gasteiger partial charge in [-0.2, -0.15) is 4.98 Å². The van der Waals surface area contributed by atoms with Crippen molar-refractivity contribution < 1.29 is 14.1 Å². The van der Waals surface area contributed by atoms with Gasteiger partial charge in [0.1, 0.15) is 5.60 Å². The van der Waals surface area contributed by atoms with E-state index in [1.165, 1.54) is 0 Å². The van der Waals surface area contributed by atoms with Crippen LogP contribution in [0.3, 0.4) is 0 Å². The monoisotopic (exact) mass is 323 g/mol. The lowest BCUT2D eigenvalue weighted by molar-refractivity contribution is 0.00906. The summed E-state index contributed by atoms with van der Waals surface area (Å²) in [4.78, 5) is 18.4. The molecule has 6 heteroatoms. The third kappa shape index (κ3) is 4.03. The van der Waals surface area contributed by atoms with Gasteiger partial charge >= 0.3 is 6.09 Å². The zero-order chi connectivity index (χ0) is 17.4. The van der Waals surface area contributed by atoms with Gasteiger partial charge in [0.05, 0.1) is 0 Å². The normalized spacial score (nSPS) is 23.8. The topological polar surface area (TPSA) is 68.5 Å². The highest BCUT2D eigenvalue weighted by molar-refractivity contribution is 5.68. The van der Waals surface area contributed by atoms with Crippen LogP contribution >= 0.6 is 0 Å². The van der Waals surface area contributed by atoms with E-state index in [0.717, 1.165) is 25.1 Å². The van der Waals surface area contributed by atoms with Crippen LogP contribution in [-0.2, 0) is 11.2 Å². The molecule has 130 valence electrons. The van der Waals surface area contributed by atoms with E-state index in [-0.39, 0.29) is 17.6 Å². The van der Waals surface area contributed by atoms with Crippen LogP contribution in [0.1, 0.15) is 59.2 Å². The van der Waals surface area contributed by atoms with Crippen LogP contribution in [0.25, 0.3) is 0 Å². The summed E-state index contributed by atoms with van der Waals surface area (Å²) in [7, 11) is 1.83. The second-order valence-electron chi connectivity index (χ2n) is 8.14. The van der Waals surface area contributed by atoms with Crippen LogP contribution in [0.2, 0.25) is 0 Å². The summed E-state index contributed by atoms with van der Waals surface area (Å²) in [5.41, 5.74) is -0.504. The molecule has 2 atom stereocenters. The first-order valence-corrected chi connectivity index (χ1v) is 8.25. The lowest BCUT2D eigenvalue weighted by Gasteiger charge is -2.38.